The van der Waals surface area contributed by atoms with Gasteiger partial charge in [0.15, 0.2) is 0 Å². The summed E-state index contributed by atoms with van der Waals surface area (Å²) in [5.74, 6) is 1.62. The van der Waals surface area contributed by atoms with Crippen LogP contribution in [0.25, 0.3) is 0 Å². The van der Waals surface area contributed by atoms with Gasteiger partial charge in [0.05, 0.1) is 5.54 Å². The van der Waals surface area contributed by atoms with Crippen LogP contribution in [0.4, 0.5) is 5.95 Å². The number of anilines is 1. The van der Waals surface area contributed by atoms with Gasteiger partial charge < -0.3 is 15.2 Å². The Morgan fingerprint density at radius 1 is 1.50 bits per heavy atom. The first-order valence-corrected chi connectivity index (χ1v) is 4.82. The minimum Gasteiger partial charge on any atom is -0.344 e. The summed E-state index contributed by atoms with van der Waals surface area (Å²) in [5, 5.41) is 3.85. The number of nitrogens with zero attached hydrogens (tertiary/aromatic N) is 3. The van der Waals surface area contributed by atoms with E-state index in [1.807, 2.05) is 21.0 Å². The molecule has 2 N–H and O–H groups in total. The lowest BCUT2D eigenvalue weighted by atomic mass is 9.97. The smallest absolute Gasteiger partial charge is 0.265 e. The summed E-state index contributed by atoms with van der Waals surface area (Å²) in [6.07, 6.45) is 2.32. The largest absolute Gasteiger partial charge is 0.344 e. The molecule has 0 aliphatic heterocycles. The molecule has 1 aliphatic rings. The van der Waals surface area contributed by atoms with Gasteiger partial charge in [0.25, 0.3) is 5.95 Å². The molecular weight excluding hydrogens is 180 g/mol. The van der Waals surface area contributed by atoms with E-state index in [-0.39, 0.29) is 0 Å². The fraction of sp³-hybridized carbons (Fsp3) is 0.778. The zero-order valence-corrected chi connectivity index (χ0v) is 8.82. The van der Waals surface area contributed by atoms with Crippen molar-refractivity contribution < 1.29 is 4.52 Å². The maximum absolute atomic E-state index is 6.14. The van der Waals surface area contributed by atoms with Crippen molar-refractivity contribution in [3.8, 4) is 0 Å². The minimum absolute atomic E-state index is 0.457. The van der Waals surface area contributed by atoms with Crippen LogP contribution in [-0.4, -0.2) is 24.2 Å². The van der Waals surface area contributed by atoms with E-state index in [4.69, 9.17) is 10.3 Å². The van der Waals surface area contributed by atoms with E-state index in [9.17, 15) is 0 Å². The molecule has 1 aromatic rings. The van der Waals surface area contributed by atoms with Crippen LogP contribution in [0, 0.1) is 5.92 Å². The van der Waals surface area contributed by atoms with Crippen molar-refractivity contribution in [3.63, 3.8) is 0 Å². The van der Waals surface area contributed by atoms with Crippen LogP contribution in [0.5, 0.6) is 0 Å². The van der Waals surface area contributed by atoms with Crippen molar-refractivity contribution in [2.24, 2.45) is 11.7 Å². The number of aromatic nitrogens is 2. The number of rotatable bonds is 3. The summed E-state index contributed by atoms with van der Waals surface area (Å²) in [6.45, 7) is 1.96. The highest BCUT2D eigenvalue weighted by molar-refractivity contribution is 5.25. The molecule has 0 aromatic carbocycles. The van der Waals surface area contributed by atoms with E-state index < -0.39 is 5.54 Å². The molecule has 1 fully saturated rings. The number of nitrogens with two attached hydrogens (primary N) is 1. The maximum atomic E-state index is 6.14. The van der Waals surface area contributed by atoms with Crippen molar-refractivity contribution in [1.29, 1.82) is 0 Å². The summed E-state index contributed by atoms with van der Waals surface area (Å²) in [6, 6.07) is 0. The van der Waals surface area contributed by atoms with Crippen LogP contribution in [-0.2, 0) is 5.54 Å². The van der Waals surface area contributed by atoms with Gasteiger partial charge in [-0.1, -0.05) is 0 Å². The minimum atomic E-state index is -0.457. The highest BCUT2D eigenvalue weighted by Gasteiger charge is 2.43. The van der Waals surface area contributed by atoms with E-state index in [0.29, 0.717) is 17.8 Å². The Bertz CT molecular complexity index is 327. The van der Waals surface area contributed by atoms with Crippen molar-refractivity contribution in [1.82, 2.24) is 10.1 Å². The van der Waals surface area contributed by atoms with Crippen LogP contribution in [0.15, 0.2) is 4.52 Å². The van der Waals surface area contributed by atoms with Gasteiger partial charge in [0.1, 0.15) is 0 Å². The maximum Gasteiger partial charge on any atom is 0.265 e. The van der Waals surface area contributed by atoms with E-state index in [2.05, 4.69) is 10.1 Å². The molecule has 1 aliphatic carbocycles. The highest BCUT2D eigenvalue weighted by atomic mass is 16.5. The van der Waals surface area contributed by atoms with Crippen LogP contribution < -0.4 is 10.6 Å². The Morgan fingerprint density at radius 2 is 2.14 bits per heavy atom. The monoisotopic (exact) mass is 196 g/mol. The standard InChI is InChI=1S/C9H16N4O/c1-9(10,6-4-5-6)7-11-8(12-14-7)13(2)3/h6H,4-5,10H2,1-3H3. The van der Waals surface area contributed by atoms with E-state index in [1.165, 1.54) is 0 Å². The predicted octanol–water partition coefficient (Wildman–Crippen LogP) is 0.719. The molecule has 0 amide bonds. The fourth-order valence-electron chi connectivity index (χ4n) is 1.47. The lowest BCUT2D eigenvalue weighted by Gasteiger charge is -2.18. The van der Waals surface area contributed by atoms with E-state index >= 15 is 0 Å². The Labute approximate surface area is 83.3 Å². The van der Waals surface area contributed by atoms with Crippen LogP contribution >= 0.6 is 0 Å². The first-order chi connectivity index (χ1) is 6.51. The van der Waals surface area contributed by atoms with Crippen LogP contribution in [0.3, 0.4) is 0 Å². The molecule has 1 saturated carbocycles. The summed E-state index contributed by atoms with van der Waals surface area (Å²) in [4.78, 5) is 6.07. The average molecular weight is 196 g/mol. The number of hydrogen-bond acceptors (Lipinski definition) is 5. The van der Waals surface area contributed by atoms with Gasteiger partial charge in [-0.25, -0.2) is 0 Å². The molecule has 1 aromatic heterocycles. The molecule has 5 nitrogen and oxygen atoms in total. The summed E-state index contributed by atoms with van der Waals surface area (Å²) in [5.41, 5.74) is 5.68. The van der Waals surface area contributed by atoms with Gasteiger partial charge in [0, 0.05) is 14.1 Å². The summed E-state index contributed by atoms with van der Waals surface area (Å²) >= 11 is 0. The third-order valence-corrected chi connectivity index (χ3v) is 2.70. The van der Waals surface area contributed by atoms with Crippen molar-refractivity contribution in [2.45, 2.75) is 25.3 Å². The first-order valence-electron chi connectivity index (χ1n) is 4.82. The SMILES string of the molecule is CN(C)c1noc(C(C)(N)C2CC2)n1. The predicted molar refractivity (Wildman–Crippen MR) is 52.9 cm³/mol. The lowest BCUT2D eigenvalue weighted by molar-refractivity contribution is 0.273. The van der Waals surface area contributed by atoms with Gasteiger partial charge in [-0.3, -0.25) is 0 Å². The van der Waals surface area contributed by atoms with Gasteiger partial charge in [-0.05, 0) is 30.8 Å². The normalized spacial score (nSPS) is 20.6. The fourth-order valence-corrected chi connectivity index (χ4v) is 1.47. The van der Waals surface area contributed by atoms with Crippen molar-refractivity contribution in [3.05, 3.63) is 5.89 Å². The average Bonchev–Trinajstić information content (AvgIpc) is 2.82. The molecular formula is C9H16N4O. The molecule has 2 rings (SSSR count). The Hall–Kier alpha value is -1.10. The van der Waals surface area contributed by atoms with Crippen molar-refractivity contribution in [2.75, 3.05) is 19.0 Å². The second kappa shape index (κ2) is 2.95. The Balaban J connectivity index is 2.23. The third-order valence-electron chi connectivity index (χ3n) is 2.70. The molecule has 5 heteroatoms. The summed E-state index contributed by atoms with van der Waals surface area (Å²) in [7, 11) is 3.75. The van der Waals surface area contributed by atoms with Crippen LogP contribution in [0.1, 0.15) is 25.7 Å². The zero-order chi connectivity index (χ0) is 10.3. The molecule has 0 saturated heterocycles. The van der Waals surface area contributed by atoms with E-state index in [0.717, 1.165) is 12.8 Å². The summed E-state index contributed by atoms with van der Waals surface area (Å²) < 4.78 is 5.16. The van der Waals surface area contributed by atoms with Gasteiger partial charge in [0.2, 0.25) is 5.89 Å². The van der Waals surface area contributed by atoms with Gasteiger partial charge >= 0.3 is 0 Å². The van der Waals surface area contributed by atoms with E-state index in [1.54, 1.807) is 4.90 Å². The molecule has 1 atom stereocenters. The zero-order valence-electron chi connectivity index (χ0n) is 8.82. The molecule has 1 heterocycles. The number of hydrogen-bond donors (Lipinski definition) is 1. The quantitative estimate of drug-likeness (QED) is 0.771. The second-order valence-corrected chi connectivity index (χ2v) is 4.35. The third kappa shape index (κ3) is 1.48. The second-order valence-electron chi connectivity index (χ2n) is 4.35. The topological polar surface area (TPSA) is 68.2 Å². The Kier molecular flexibility index (Phi) is 1.99. The first kappa shape index (κ1) is 9.45. The lowest BCUT2D eigenvalue weighted by Crippen LogP contribution is -2.35. The molecule has 0 radical (unpaired) electrons. The van der Waals surface area contributed by atoms with Gasteiger partial charge in [-0.15, -0.1) is 0 Å². The Morgan fingerprint density at radius 3 is 2.57 bits per heavy atom. The molecule has 0 spiro atoms. The van der Waals surface area contributed by atoms with Gasteiger partial charge in [-0.2, -0.15) is 4.98 Å². The van der Waals surface area contributed by atoms with Crippen LogP contribution in [0.2, 0.25) is 0 Å². The van der Waals surface area contributed by atoms with Crippen molar-refractivity contribution >= 4 is 5.95 Å². The molecule has 0 bridgehead atoms. The highest BCUT2D eigenvalue weighted by Crippen LogP contribution is 2.43. The molecule has 14 heavy (non-hydrogen) atoms. The molecule has 1 unspecified atom stereocenters. The molecule has 78 valence electrons.